The van der Waals surface area contributed by atoms with Crippen LogP contribution < -0.4 is 0 Å². The smallest absolute Gasteiger partial charge is 0.261 e. The minimum atomic E-state index is -5.10. The Kier molecular flexibility index (Phi) is 2.99. The van der Waals surface area contributed by atoms with E-state index in [1.54, 1.807) is 0 Å². The molecule has 16 heavy (non-hydrogen) atoms. The second kappa shape index (κ2) is 3.70. The molecule has 0 amide bonds. The highest BCUT2D eigenvalue weighted by molar-refractivity contribution is 5.58. The lowest BCUT2D eigenvalue weighted by Crippen LogP contribution is -2.56. The normalized spacial score (nSPS) is 22.4. The lowest BCUT2D eigenvalue weighted by molar-refractivity contribution is -0.294. The second-order valence-corrected chi connectivity index (χ2v) is 3.50. The molecule has 1 rings (SSSR count). The number of nitrogens with zero attached hydrogens (tertiary/aromatic N) is 3. The SMILES string of the molecule is CC(C)N1N=CN(C(F)(F)F)C1C(F)(F)F. The van der Waals surface area contributed by atoms with Crippen LogP contribution >= 0.6 is 0 Å². The van der Waals surface area contributed by atoms with Gasteiger partial charge >= 0.3 is 12.5 Å². The Morgan fingerprint density at radius 1 is 1.12 bits per heavy atom. The van der Waals surface area contributed by atoms with Gasteiger partial charge in [0.2, 0.25) is 6.17 Å². The van der Waals surface area contributed by atoms with E-state index in [0.717, 1.165) is 0 Å². The van der Waals surface area contributed by atoms with Crippen molar-refractivity contribution < 1.29 is 26.3 Å². The molecule has 9 heteroatoms. The molecular formula is C7H9F6N3. The predicted molar refractivity (Wildman–Crippen MR) is 43.2 cm³/mol. The van der Waals surface area contributed by atoms with Crippen LogP contribution in [0.4, 0.5) is 26.3 Å². The van der Waals surface area contributed by atoms with Crippen LogP contribution in [0.1, 0.15) is 13.8 Å². The molecule has 0 aromatic rings. The van der Waals surface area contributed by atoms with E-state index >= 15 is 0 Å². The fraction of sp³-hybridized carbons (Fsp3) is 0.857. The Bertz CT molecular complexity index is 281. The fourth-order valence-corrected chi connectivity index (χ4v) is 1.30. The number of hydrogen-bond donors (Lipinski definition) is 0. The fourth-order valence-electron chi connectivity index (χ4n) is 1.30. The molecular weight excluding hydrogens is 240 g/mol. The van der Waals surface area contributed by atoms with E-state index in [9.17, 15) is 26.3 Å². The molecule has 0 saturated carbocycles. The number of hydrazone groups is 1. The molecule has 0 radical (unpaired) electrons. The van der Waals surface area contributed by atoms with Crippen molar-refractivity contribution in [2.45, 2.75) is 38.5 Å². The minimum absolute atomic E-state index is 0.151. The summed E-state index contributed by atoms with van der Waals surface area (Å²) in [6.07, 6.45) is -12.8. The summed E-state index contributed by atoms with van der Waals surface area (Å²) in [6.45, 7) is 2.66. The zero-order chi connectivity index (χ0) is 12.7. The number of halogens is 6. The second-order valence-electron chi connectivity index (χ2n) is 3.50. The summed E-state index contributed by atoms with van der Waals surface area (Å²) in [7, 11) is 0. The third-order valence-electron chi connectivity index (χ3n) is 1.94. The largest absolute Gasteiger partial charge is 0.487 e. The molecule has 0 aromatic heterocycles. The molecule has 0 N–H and O–H groups in total. The van der Waals surface area contributed by atoms with Gasteiger partial charge in [-0.2, -0.15) is 18.3 Å². The van der Waals surface area contributed by atoms with Gasteiger partial charge in [0, 0.05) is 6.04 Å². The first kappa shape index (κ1) is 12.9. The first-order valence-electron chi connectivity index (χ1n) is 4.29. The molecule has 1 aliphatic rings. The maximum Gasteiger partial charge on any atom is 0.487 e. The number of alkyl halides is 6. The van der Waals surface area contributed by atoms with Gasteiger partial charge in [0.15, 0.2) is 0 Å². The molecule has 0 fully saturated rings. The molecule has 0 aromatic carbocycles. The molecule has 0 spiro atoms. The summed E-state index contributed by atoms with van der Waals surface area (Å²) < 4.78 is 74.3. The van der Waals surface area contributed by atoms with Gasteiger partial charge in [-0.3, -0.25) is 5.01 Å². The summed E-state index contributed by atoms with van der Waals surface area (Å²) in [6, 6.07) is -0.782. The number of rotatable bonds is 1. The maximum absolute atomic E-state index is 12.5. The van der Waals surface area contributed by atoms with Crippen LogP contribution in [0.25, 0.3) is 0 Å². The predicted octanol–water partition coefficient (Wildman–Crippen LogP) is 2.36. The van der Waals surface area contributed by atoms with E-state index in [1.807, 2.05) is 0 Å². The molecule has 0 bridgehead atoms. The Labute approximate surface area is 87.3 Å². The molecule has 94 valence electrons. The van der Waals surface area contributed by atoms with E-state index in [-0.39, 0.29) is 6.34 Å². The Hall–Kier alpha value is -1.15. The third-order valence-corrected chi connectivity index (χ3v) is 1.94. The maximum atomic E-state index is 12.5. The molecule has 1 unspecified atom stereocenters. The zero-order valence-electron chi connectivity index (χ0n) is 8.34. The topological polar surface area (TPSA) is 18.8 Å². The van der Waals surface area contributed by atoms with Gasteiger partial charge in [0.05, 0.1) is 0 Å². The lowest BCUT2D eigenvalue weighted by atomic mass is 10.3. The van der Waals surface area contributed by atoms with E-state index in [1.165, 1.54) is 13.8 Å². The lowest BCUT2D eigenvalue weighted by Gasteiger charge is -2.34. The van der Waals surface area contributed by atoms with Crippen molar-refractivity contribution in [2.75, 3.05) is 0 Å². The monoisotopic (exact) mass is 249 g/mol. The standard InChI is InChI=1S/C7H9F6N3/c1-4(2)16-5(6(8,9)10)15(3-14-16)7(11,12)13/h3-5H,1-2H3. The highest BCUT2D eigenvalue weighted by atomic mass is 19.4. The highest BCUT2D eigenvalue weighted by Crippen LogP contribution is 2.37. The van der Waals surface area contributed by atoms with Crippen LogP contribution in [0, 0.1) is 0 Å². The van der Waals surface area contributed by atoms with Gasteiger partial charge in [0.25, 0.3) is 0 Å². The van der Waals surface area contributed by atoms with Crippen LogP contribution in [-0.4, -0.2) is 40.9 Å². The van der Waals surface area contributed by atoms with Crippen molar-refractivity contribution >= 4 is 6.34 Å². The molecule has 0 saturated heterocycles. The summed E-state index contributed by atoms with van der Waals surface area (Å²) in [5, 5.41) is 3.49. The van der Waals surface area contributed by atoms with Crippen molar-refractivity contribution in [1.82, 2.24) is 9.91 Å². The van der Waals surface area contributed by atoms with Crippen molar-refractivity contribution in [3.05, 3.63) is 0 Å². The van der Waals surface area contributed by atoms with Gasteiger partial charge in [-0.05, 0) is 13.8 Å². The number of hydrogen-bond acceptors (Lipinski definition) is 3. The minimum Gasteiger partial charge on any atom is -0.261 e. The van der Waals surface area contributed by atoms with Crippen molar-refractivity contribution in [2.24, 2.45) is 5.10 Å². The first-order chi connectivity index (χ1) is 7.05. The quantitative estimate of drug-likeness (QED) is 0.524. The van der Waals surface area contributed by atoms with Gasteiger partial charge < -0.3 is 0 Å². The Balaban J connectivity index is 3.03. The van der Waals surface area contributed by atoms with E-state index in [4.69, 9.17) is 0 Å². The molecule has 1 aliphatic heterocycles. The van der Waals surface area contributed by atoms with E-state index in [0.29, 0.717) is 5.01 Å². The molecule has 0 aliphatic carbocycles. The van der Waals surface area contributed by atoms with Crippen LogP contribution in [-0.2, 0) is 0 Å². The molecule has 1 atom stereocenters. The van der Waals surface area contributed by atoms with Crippen LogP contribution in [0.15, 0.2) is 5.10 Å². The summed E-state index contributed by atoms with van der Waals surface area (Å²) >= 11 is 0. The first-order valence-corrected chi connectivity index (χ1v) is 4.29. The van der Waals surface area contributed by atoms with Crippen LogP contribution in [0.5, 0.6) is 0 Å². The van der Waals surface area contributed by atoms with Crippen LogP contribution in [0.2, 0.25) is 0 Å². The summed E-state index contributed by atoms with van der Waals surface area (Å²) in [4.78, 5) is -0.757. The molecule has 1 heterocycles. The van der Waals surface area contributed by atoms with Gasteiger partial charge in [-0.25, -0.2) is 4.90 Å². The van der Waals surface area contributed by atoms with Gasteiger partial charge in [-0.15, -0.1) is 13.2 Å². The third kappa shape index (κ3) is 2.33. The molecule has 3 nitrogen and oxygen atoms in total. The average molecular weight is 249 g/mol. The average Bonchev–Trinajstić information content (AvgIpc) is 2.43. The van der Waals surface area contributed by atoms with Gasteiger partial charge in [-0.1, -0.05) is 0 Å². The van der Waals surface area contributed by atoms with Crippen molar-refractivity contribution in [1.29, 1.82) is 0 Å². The van der Waals surface area contributed by atoms with Gasteiger partial charge in [0.1, 0.15) is 6.34 Å². The van der Waals surface area contributed by atoms with E-state index in [2.05, 4.69) is 5.10 Å². The van der Waals surface area contributed by atoms with Crippen LogP contribution in [0.3, 0.4) is 0 Å². The summed E-state index contributed by atoms with van der Waals surface area (Å²) in [5.41, 5.74) is 0. The van der Waals surface area contributed by atoms with Crippen molar-refractivity contribution in [3.8, 4) is 0 Å². The Morgan fingerprint density at radius 2 is 1.62 bits per heavy atom. The zero-order valence-corrected chi connectivity index (χ0v) is 8.34. The highest BCUT2D eigenvalue weighted by Gasteiger charge is 2.57. The van der Waals surface area contributed by atoms with Crippen molar-refractivity contribution in [3.63, 3.8) is 0 Å². The summed E-state index contributed by atoms with van der Waals surface area (Å²) in [5.74, 6) is 0. The van der Waals surface area contributed by atoms with E-state index < -0.39 is 29.6 Å². The Morgan fingerprint density at radius 3 is 1.94 bits per heavy atom.